The first kappa shape index (κ1) is 11.6. The second kappa shape index (κ2) is 4.04. The topological polar surface area (TPSA) is 87.3 Å². The van der Waals surface area contributed by atoms with Crippen LogP contribution in [0.4, 0.5) is 5.69 Å². The van der Waals surface area contributed by atoms with Crippen LogP contribution in [-0.2, 0) is 16.6 Å². The van der Waals surface area contributed by atoms with Gasteiger partial charge in [-0.3, -0.25) is 14.9 Å². The molecule has 0 saturated carbocycles. The molecule has 7 nitrogen and oxygen atoms in total. The van der Waals surface area contributed by atoms with Crippen molar-refractivity contribution in [2.24, 2.45) is 7.05 Å². The number of nitro groups is 1. The van der Waals surface area contributed by atoms with Gasteiger partial charge in [-0.2, -0.15) is 0 Å². The summed E-state index contributed by atoms with van der Waals surface area (Å²) < 4.78 is 6.99. The summed E-state index contributed by atoms with van der Waals surface area (Å²) in [4.78, 5) is 25.8. The van der Waals surface area contributed by atoms with Crippen molar-refractivity contribution in [2.45, 2.75) is 18.9 Å². The van der Waals surface area contributed by atoms with Gasteiger partial charge in [0, 0.05) is 32.0 Å². The van der Waals surface area contributed by atoms with Gasteiger partial charge in [0.25, 0.3) is 5.69 Å². The van der Waals surface area contributed by atoms with E-state index in [2.05, 4.69) is 4.98 Å². The zero-order chi connectivity index (χ0) is 13.6. The molecule has 1 saturated heterocycles. The standard InChI is InChI=1S/C12H11N3O4/c1-14-9-3-2-7(15(17)18)6-8(9)13-12(14)10-4-5-11(16)19-10/h2-3,6,10H,4-5H2,1H3. The Bertz CT molecular complexity index is 692. The van der Waals surface area contributed by atoms with Crippen LogP contribution in [0.3, 0.4) is 0 Å². The van der Waals surface area contributed by atoms with Gasteiger partial charge in [-0.25, -0.2) is 4.98 Å². The molecule has 0 aliphatic carbocycles. The molecular weight excluding hydrogens is 250 g/mol. The summed E-state index contributed by atoms with van der Waals surface area (Å²) in [5, 5.41) is 10.7. The van der Waals surface area contributed by atoms with E-state index < -0.39 is 4.92 Å². The molecule has 0 N–H and O–H groups in total. The van der Waals surface area contributed by atoms with Crippen LogP contribution in [0.1, 0.15) is 24.8 Å². The first-order valence-corrected chi connectivity index (χ1v) is 5.86. The third kappa shape index (κ3) is 1.83. The van der Waals surface area contributed by atoms with Crippen molar-refractivity contribution in [2.75, 3.05) is 0 Å². The fraction of sp³-hybridized carbons (Fsp3) is 0.333. The zero-order valence-corrected chi connectivity index (χ0v) is 10.2. The van der Waals surface area contributed by atoms with E-state index in [4.69, 9.17) is 4.74 Å². The van der Waals surface area contributed by atoms with Gasteiger partial charge in [-0.05, 0) is 6.07 Å². The number of imidazole rings is 1. The number of ether oxygens (including phenoxy) is 1. The molecule has 1 unspecified atom stereocenters. The number of non-ortho nitro benzene ring substituents is 1. The van der Waals surface area contributed by atoms with Gasteiger partial charge in [-0.1, -0.05) is 0 Å². The normalized spacial score (nSPS) is 18.8. The number of fused-ring (bicyclic) bond motifs is 1. The summed E-state index contributed by atoms with van der Waals surface area (Å²) in [5.74, 6) is 0.393. The minimum Gasteiger partial charge on any atom is -0.454 e. The van der Waals surface area contributed by atoms with Crippen LogP contribution >= 0.6 is 0 Å². The Labute approximate surface area is 107 Å². The minimum atomic E-state index is -0.455. The Kier molecular flexibility index (Phi) is 2.48. The van der Waals surface area contributed by atoms with E-state index in [1.165, 1.54) is 12.1 Å². The largest absolute Gasteiger partial charge is 0.454 e. The van der Waals surface area contributed by atoms with Crippen LogP contribution in [0.5, 0.6) is 0 Å². The Morgan fingerprint density at radius 3 is 2.95 bits per heavy atom. The van der Waals surface area contributed by atoms with Crippen LogP contribution in [0.15, 0.2) is 18.2 Å². The van der Waals surface area contributed by atoms with E-state index in [0.29, 0.717) is 24.2 Å². The molecule has 19 heavy (non-hydrogen) atoms. The van der Waals surface area contributed by atoms with Crippen molar-refractivity contribution >= 4 is 22.7 Å². The van der Waals surface area contributed by atoms with E-state index in [0.717, 1.165) is 5.52 Å². The maximum Gasteiger partial charge on any atom is 0.306 e. The van der Waals surface area contributed by atoms with E-state index in [9.17, 15) is 14.9 Å². The number of nitro benzene ring substituents is 1. The molecule has 1 aromatic heterocycles. The van der Waals surface area contributed by atoms with E-state index in [-0.39, 0.29) is 17.8 Å². The Balaban J connectivity index is 2.09. The number of hydrogen-bond donors (Lipinski definition) is 0. The maximum absolute atomic E-state index is 11.1. The van der Waals surface area contributed by atoms with Crippen molar-refractivity contribution in [1.82, 2.24) is 9.55 Å². The first-order chi connectivity index (χ1) is 9.06. The van der Waals surface area contributed by atoms with Crippen LogP contribution in [0.25, 0.3) is 11.0 Å². The van der Waals surface area contributed by atoms with Gasteiger partial charge >= 0.3 is 5.97 Å². The Morgan fingerprint density at radius 2 is 2.32 bits per heavy atom. The third-order valence-corrected chi connectivity index (χ3v) is 3.28. The smallest absolute Gasteiger partial charge is 0.306 e. The fourth-order valence-corrected chi connectivity index (χ4v) is 2.32. The number of carbonyl (C=O) groups is 1. The number of benzene rings is 1. The molecule has 0 radical (unpaired) electrons. The highest BCUT2D eigenvalue weighted by molar-refractivity contribution is 5.79. The molecule has 1 aliphatic heterocycles. The van der Waals surface area contributed by atoms with Crippen molar-refractivity contribution in [3.8, 4) is 0 Å². The number of aromatic nitrogens is 2. The predicted molar refractivity (Wildman–Crippen MR) is 65.4 cm³/mol. The number of aryl methyl sites for hydroxylation is 1. The van der Waals surface area contributed by atoms with Gasteiger partial charge in [-0.15, -0.1) is 0 Å². The monoisotopic (exact) mass is 261 g/mol. The SMILES string of the molecule is Cn1c(C2CCC(=O)O2)nc2cc([N+](=O)[O-])ccc21. The highest BCUT2D eigenvalue weighted by Crippen LogP contribution is 2.31. The minimum absolute atomic E-state index is 0.000525. The number of cyclic esters (lactones) is 1. The van der Waals surface area contributed by atoms with Crippen molar-refractivity contribution in [1.29, 1.82) is 0 Å². The van der Waals surface area contributed by atoms with Gasteiger partial charge in [0.05, 0.1) is 16.0 Å². The van der Waals surface area contributed by atoms with Crippen LogP contribution < -0.4 is 0 Å². The fourth-order valence-electron chi connectivity index (χ4n) is 2.32. The molecule has 2 heterocycles. The van der Waals surface area contributed by atoms with Crippen molar-refractivity contribution in [3.63, 3.8) is 0 Å². The van der Waals surface area contributed by atoms with Gasteiger partial charge < -0.3 is 9.30 Å². The number of carbonyl (C=O) groups excluding carboxylic acids is 1. The van der Waals surface area contributed by atoms with E-state index in [1.54, 1.807) is 6.07 Å². The molecule has 0 spiro atoms. The summed E-state index contributed by atoms with van der Waals surface area (Å²) in [6.45, 7) is 0. The highest BCUT2D eigenvalue weighted by atomic mass is 16.6. The van der Waals surface area contributed by atoms with Crippen molar-refractivity contribution < 1.29 is 14.5 Å². The summed E-state index contributed by atoms with van der Waals surface area (Å²) >= 11 is 0. The lowest BCUT2D eigenvalue weighted by molar-refractivity contribution is -0.384. The Morgan fingerprint density at radius 1 is 1.53 bits per heavy atom. The molecule has 1 aromatic carbocycles. The summed E-state index contributed by atoms with van der Waals surface area (Å²) in [7, 11) is 1.81. The average molecular weight is 261 g/mol. The summed E-state index contributed by atoms with van der Waals surface area (Å²) in [5.41, 5.74) is 1.32. The molecule has 1 atom stereocenters. The van der Waals surface area contributed by atoms with Crippen LogP contribution in [-0.4, -0.2) is 20.4 Å². The maximum atomic E-state index is 11.1. The lowest BCUT2D eigenvalue weighted by atomic mass is 10.2. The van der Waals surface area contributed by atoms with E-state index >= 15 is 0 Å². The zero-order valence-electron chi connectivity index (χ0n) is 10.2. The summed E-state index contributed by atoms with van der Waals surface area (Å²) in [6, 6.07) is 4.52. The summed E-state index contributed by atoms with van der Waals surface area (Å²) in [6.07, 6.45) is 0.621. The number of hydrogen-bond acceptors (Lipinski definition) is 5. The second-order valence-corrected chi connectivity index (χ2v) is 4.48. The molecule has 3 rings (SSSR count). The number of nitrogens with zero attached hydrogens (tertiary/aromatic N) is 3. The predicted octanol–water partition coefficient (Wildman–Crippen LogP) is 1.86. The van der Waals surface area contributed by atoms with Gasteiger partial charge in [0.1, 0.15) is 0 Å². The molecule has 7 heteroatoms. The molecule has 1 fully saturated rings. The first-order valence-electron chi connectivity index (χ1n) is 5.86. The van der Waals surface area contributed by atoms with Gasteiger partial charge in [0.15, 0.2) is 11.9 Å². The number of rotatable bonds is 2. The second-order valence-electron chi connectivity index (χ2n) is 4.48. The lowest BCUT2D eigenvalue weighted by Gasteiger charge is -2.08. The Hall–Kier alpha value is -2.44. The van der Waals surface area contributed by atoms with Crippen LogP contribution in [0, 0.1) is 10.1 Å². The number of esters is 1. The average Bonchev–Trinajstić information content (AvgIpc) is 2.93. The lowest BCUT2D eigenvalue weighted by Crippen LogP contribution is -2.05. The van der Waals surface area contributed by atoms with Crippen LogP contribution in [0.2, 0.25) is 0 Å². The van der Waals surface area contributed by atoms with Gasteiger partial charge in [0.2, 0.25) is 0 Å². The third-order valence-electron chi connectivity index (χ3n) is 3.28. The molecule has 98 valence electrons. The van der Waals surface area contributed by atoms with E-state index in [1.807, 2.05) is 11.6 Å². The molecule has 0 bridgehead atoms. The quantitative estimate of drug-likeness (QED) is 0.467. The molecule has 2 aromatic rings. The molecule has 1 aliphatic rings. The highest BCUT2D eigenvalue weighted by Gasteiger charge is 2.29. The molecule has 0 amide bonds. The molecular formula is C12H11N3O4. The van der Waals surface area contributed by atoms with Crippen molar-refractivity contribution in [3.05, 3.63) is 34.1 Å².